The fourth-order valence-electron chi connectivity index (χ4n) is 2.23. The van der Waals surface area contributed by atoms with Crippen molar-refractivity contribution in [3.05, 3.63) is 65.0 Å². The second-order valence-electron chi connectivity index (χ2n) is 5.40. The maximum Gasteiger partial charge on any atom is 0.241 e. The normalized spacial score (nSPS) is 11.3. The van der Waals surface area contributed by atoms with E-state index in [2.05, 4.69) is 5.32 Å². The lowest BCUT2D eigenvalue weighted by atomic mass is 10.1. The van der Waals surface area contributed by atoms with Crippen molar-refractivity contribution in [1.82, 2.24) is 5.32 Å². The van der Waals surface area contributed by atoms with Gasteiger partial charge in [0.1, 0.15) is 6.04 Å². The molecule has 1 amide bonds. The Hall–Kier alpha value is -2.11. The van der Waals surface area contributed by atoms with Crippen LogP contribution in [0.3, 0.4) is 0 Å². The Morgan fingerprint density at radius 3 is 2.50 bits per heavy atom. The molecule has 0 aliphatic heterocycles. The van der Waals surface area contributed by atoms with Crippen molar-refractivity contribution in [1.29, 1.82) is 0 Å². The summed E-state index contributed by atoms with van der Waals surface area (Å²) >= 11 is 0. The minimum absolute atomic E-state index is 0. The first-order valence-corrected chi connectivity index (χ1v) is 7.43. The number of carbonyl (C=O) groups is 1. The van der Waals surface area contributed by atoms with Crippen molar-refractivity contribution in [2.24, 2.45) is 5.73 Å². The number of rotatable bonds is 6. The third kappa shape index (κ3) is 5.22. The summed E-state index contributed by atoms with van der Waals surface area (Å²) in [7, 11) is 1.42. The third-order valence-electron chi connectivity index (χ3n) is 3.65. The molecule has 24 heavy (non-hydrogen) atoms. The number of benzene rings is 2. The van der Waals surface area contributed by atoms with E-state index in [1.165, 1.54) is 13.2 Å². The van der Waals surface area contributed by atoms with Gasteiger partial charge in [-0.05, 0) is 36.6 Å². The van der Waals surface area contributed by atoms with E-state index in [9.17, 15) is 9.18 Å². The molecule has 4 nitrogen and oxygen atoms in total. The molecular formula is C18H22ClFN2O2. The topological polar surface area (TPSA) is 64.3 Å². The van der Waals surface area contributed by atoms with Crippen molar-refractivity contribution >= 4 is 18.3 Å². The Morgan fingerprint density at radius 2 is 1.92 bits per heavy atom. The van der Waals surface area contributed by atoms with Gasteiger partial charge in [0.15, 0.2) is 11.6 Å². The van der Waals surface area contributed by atoms with Gasteiger partial charge in [-0.3, -0.25) is 4.79 Å². The molecule has 0 radical (unpaired) electrons. The number of hydrogen-bond acceptors (Lipinski definition) is 3. The number of aryl methyl sites for hydroxylation is 1. The predicted molar refractivity (Wildman–Crippen MR) is 95.0 cm³/mol. The van der Waals surface area contributed by atoms with Gasteiger partial charge >= 0.3 is 0 Å². The zero-order valence-corrected chi connectivity index (χ0v) is 14.5. The minimum atomic E-state index is -0.705. The predicted octanol–water partition coefficient (Wildman–Crippen LogP) is 2.92. The average Bonchev–Trinajstić information content (AvgIpc) is 2.55. The molecule has 2 rings (SSSR count). The SMILES string of the molecule is COc1ccc(CCNC(=O)C(N)c2ccc(C)cc2)cc1F.Cl. The molecule has 0 aliphatic carbocycles. The summed E-state index contributed by atoms with van der Waals surface area (Å²) < 4.78 is 18.5. The number of nitrogens with two attached hydrogens (primary N) is 1. The molecule has 3 N–H and O–H groups in total. The van der Waals surface area contributed by atoms with Gasteiger partial charge in [-0.2, -0.15) is 0 Å². The lowest BCUT2D eigenvalue weighted by Crippen LogP contribution is -2.35. The first-order chi connectivity index (χ1) is 11.0. The van der Waals surface area contributed by atoms with Crippen molar-refractivity contribution in [2.45, 2.75) is 19.4 Å². The number of hydrogen-bond donors (Lipinski definition) is 2. The summed E-state index contributed by atoms with van der Waals surface area (Å²) in [5, 5.41) is 2.77. The van der Waals surface area contributed by atoms with Gasteiger partial charge in [0.25, 0.3) is 0 Å². The minimum Gasteiger partial charge on any atom is -0.494 e. The first-order valence-electron chi connectivity index (χ1n) is 7.43. The maximum atomic E-state index is 13.6. The first kappa shape index (κ1) is 19.9. The number of halogens is 2. The highest BCUT2D eigenvalue weighted by molar-refractivity contribution is 5.85. The van der Waals surface area contributed by atoms with E-state index in [0.717, 1.165) is 16.7 Å². The summed E-state index contributed by atoms with van der Waals surface area (Å²) in [6.45, 7) is 2.37. The van der Waals surface area contributed by atoms with Crippen LogP contribution in [0.25, 0.3) is 0 Å². The van der Waals surface area contributed by atoms with Gasteiger partial charge in [0.05, 0.1) is 7.11 Å². The Labute approximate surface area is 147 Å². The van der Waals surface area contributed by atoms with E-state index in [0.29, 0.717) is 13.0 Å². The molecule has 6 heteroatoms. The molecule has 0 heterocycles. The van der Waals surface area contributed by atoms with Gasteiger partial charge in [0, 0.05) is 6.54 Å². The van der Waals surface area contributed by atoms with Crippen molar-refractivity contribution in [2.75, 3.05) is 13.7 Å². The van der Waals surface area contributed by atoms with E-state index >= 15 is 0 Å². The van der Waals surface area contributed by atoms with Crippen LogP contribution in [0.4, 0.5) is 4.39 Å². The number of ether oxygens (including phenoxy) is 1. The molecule has 2 aromatic carbocycles. The van der Waals surface area contributed by atoms with Crippen LogP contribution in [0.2, 0.25) is 0 Å². The summed E-state index contributed by atoms with van der Waals surface area (Å²) in [6.07, 6.45) is 0.521. The second-order valence-corrected chi connectivity index (χ2v) is 5.40. The van der Waals surface area contributed by atoms with Crippen LogP contribution in [0.5, 0.6) is 5.75 Å². The van der Waals surface area contributed by atoms with Crippen LogP contribution >= 0.6 is 12.4 Å². The van der Waals surface area contributed by atoms with E-state index in [1.54, 1.807) is 12.1 Å². The molecule has 0 spiro atoms. The highest BCUT2D eigenvalue weighted by atomic mass is 35.5. The van der Waals surface area contributed by atoms with E-state index in [1.807, 2.05) is 31.2 Å². The quantitative estimate of drug-likeness (QED) is 0.840. The van der Waals surface area contributed by atoms with Gasteiger partial charge in [-0.1, -0.05) is 35.9 Å². The van der Waals surface area contributed by atoms with E-state index < -0.39 is 11.9 Å². The highest BCUT2D eigenvalue weighted by Gasteiger charge is 2.15. The van der Waals surface area contributed by atoms with Gasteiger partial charge in [0.2, 0.25) is 5.91 Å². The van der Waals surface area contributed by atoms with Crippen LogP contribution in [-0.4, -0.2) is 19.6 Å². The van der Waals surface area contributed by atoms with Crippen LogP contribution in [-0.2, 0) is 11.2 Å². The summed E-state index contributed by atoms with van der Waals surface area (Å²) in [5.41, 5.74) is 8.61. The van der Waals surface area contributed by atoms with Crippen LogP contribution in [0.15, 0.2) is 42.5 Å². The number of methoxy groups -OCH3 is 1. The molecule has 0 aromatic heterocycles. The Kier molecular flexibility index (Phi) is 7.68. The molecule has 0 saturated heterocycles. The molecule has 0 bridgehead atoms. The zero-order valence-electron chi connectivity index (χ0n) is 13.7. The number of amides is 1. The molecule has 0 saturated carbocycles. The molecule has 1 unspecified atom stereocenters. The molecular weight excluding hydrogens is 331 g/mol. The molecule has 130 valence electrons. The smallest absolute Gasteiger partial charge is 0.241 e. The number of nitrogens with one attached hydrogen (secondary N) is 1. The largest absolute Gasteiger partial charge is 0.494 e. The van der Waals surface area contributed by atoms with E-state index in [4.69, 9.17) is 10.5 Å². The van der Waals surface area contributed by atoms with Crippen molar-refractivity contribution < 1.29 is 13.9 Å². The molecule has 2 aromatic rings. The zero-order chi connectivity index (χ0) is 16.8. The third-order valence-corrected chi connectivity index (χ3v) is 3.65. The Bertz CT molecular complexity index is 677. The van der Waals surface area contributed by atoms with Gasteiger partial charge in [-0.15, -0.1) is 12.4 Å². The van der Waals surface area contributed by atoms with E-state index in [-0.39, 0.29) is 24.1 Å². The fourth-order valence-corrected chi connectivity index (χ4v) is 2.23. The van der Waals surface area contributed by atoms with Crippen molar-refractivity contribution in [3.63, 3.8) is 0 Å². The fraction of sp³-hybridized carbons (Fsp3) is 0.278. The lowest BCUT2D eigenvalue weighted by Gasteiger charge is -2.13. The molecule has 1 atom stereocenters. The second kappa shape index (κ2) is 9.25. The summed E-state index contributed by atoms with van der Waals surface area (Å²) in [4.78, 5) is 12.1. The van der Waals surface area contributed by atoms with Crippen LogP contribution < -0.4 is 15.8 Å². The lowest BCUT2D eigenvalue weighted by molar-refractivity contribution is -0.122. The summed E-state index contributed by atoms with van der Waals surface area (Å²) in [6, 6.07) is 11.6. The maximum absolute atomic E-state index is 13.6. The molecule has 0 aliphatic rings. The average molecular weight is 353 g/mol. The Balaban J connectivity index is 0.00000288. The standard InChI is InChI=1S/C18H21FN2O2.ClH/c1-12-3-6-14(7-4-12)17(20)18(22)21-10-9-13-5-8-16(23-2)15(19)11-13;/h3-8,11,17H,9-10,20H2,1-2H3,(H,21,22);1H. The van der Waals surface area contributed by atoms with Crippen LogP contribution in [0, 0.1) is 12.7 Å². The highest BCUT2D eigenvalue weighted by Crippen LogP contribution is 2.18. The number of carbonyl (C=O) groups excluding carboxylic acids is 1. The van der Waals surface area contributed by atoms with Crippen LogP contribution in [0.1, 0.15) is 22.7 Å². The van der Waals surface area contributed by atoms with Gasteiger partial charge < -0.3 is 15.8 Å². The Morgan fingerprint density at radius 1 is 1.25 bits per heavy atom. The monoisotopic (exact) mass is 352 g/mol. The van der Waals surface area contributed by atoms with Crippen molar-refractivity contribution in [3.8, 4) is 5.75 Å². The summed E-state index contributed by atoms with van der Waals surface area (Å²) in [5.74, 6) is -0.449. The molecule has 0 fully saturated rings. The van der Waals surface area contributed by atoms with Gasteiger partial charge in [-0.25, -0.2) is 4.39 Å².